The van der Waals surface area contributed by atoms with Crippen molar-refractivity contribution in [2.75, 3.05) is 17.2 Å². The first-order valence-corrected chi connectivity index (χ1v) is 5.76. The van der Waals surface area contributed by atoms with Gasteiger partial charge in [-0.3, -0.25) is 0 Å². The summed E-state index contributed by atoms with van der Waals surface area (Å²) >= 11 is 0. The zero-order valence-corrected chi connectivity index (χ0v) is 9.32. The maximum Gasteiger partial charge on any atom is 0.146 e. The standard InChI is InChI=1S/C12H19N3/c1-10-6-3-2-4-9-15(10)11-7-5-8-14-12(11)13/h5,7-8,10H,2-4,6,9H2,1H3,(H2,13,14). The molecule has 1 aliphatic heterocycles. The lowest BCUT2D eigenvalue weighted by Crippen LogP contribution is -2.33. The average Bonchev–Trinajstić information content (AvgIpc) is 2.44. The molecule has 1 atom stereocenters. The second-order valence-electron chi connectivity index (χ2n) is 4.30. The highest BCUT2D eigenvalue weighted by Crippen LogP contribution is 2.27. The van der Waals surface area contributed by atoms with Crippen LogP contribution in [0.3, 0.4) is 0 Å². The van der Waals surface area contributed by atoms with Crippen LogP contribution in [-0.2, 0) is 0 Å². The molecule has 0 spiro atoms. The Hall–Kier alpha value is -1.25. The molecular weight excluding hydrogens is 186 g/mol. The second kappa shape index (κ2) is 4.51. The van der Waals surface area contributed by atoms with E-state index in [0.717, 1.165) is 12.2 Å². The Labute approximate surface area is 91.3 Å². The molecule has 2 rings (SSSR count). The number of nitrogen functional groups attached to an aromatic ring is 1. The summed E-state index contributed by atoms with van der Waals surface area (Å²) < 4.78 is 0. The Bertz CT molecular complexity index is 324. The third-order valence-corrected chi connectivity index (χ3v) is 3.18. The van der Waals surface area contributed by atoms with Crippen molar-refractivity contribution in [3.63, 3.8) is 0 Å². The molecule has 1 unspecified atom stereocenters. The van der Waals surface area contributed by atoms with Crippen LogP contribution >= 0.6 is 0 Å². The van der Waals surface area contributed by atoms with Gasteiger partial charge in [0.15, 0.2) is 0 Å². The summed E-state index contributed by atoms with van der Waals surface area (Å²) in [4.78, 5) is 6.55. The summed E-state index contributed by atoms with van der Waals surface area (Å²) in [5.74, 6) is 0.659. The number of rotatable bonds is 1. The van der Waals surface area contributed by atoms with E-state index in [0.29, 0.717) is 11.9 Å². The molecule has 1 aromatic heterocycles. The van der Waals surface area contributed by atoms with Gasteiger partial charge < -0.3 is 10.6 Å². The van der Waals surface area contributed by atoms with Gasteiger partial charge in [0.1, 0.15) is 5.82 Å². The van der Waals surface area contributed by atoms with Gasteiger partial charge in [-0.25, -0.2) is 4.98 Å². The maximum atomic E-state index is 5.91. The molecule has 0 saturated carbocycles. The first-order chi connectivity index (χ1) is 7.29. The average molecular weight is 205 g/mol. The van der Waals surface area contributed by atoms with Gasteiger partial charge in [0.05, 0.1) is 5.69 Å². The van der Waals surface area contributed by atoms with Crippen molar-refractivity contribution >= 4 is 11.5 Å². The molecule has 1 saturated heterocycles. The van der Waals surface area contributed by atoms with Gasteiger partial charge in [0, 0.05) is 18.8 Å². The molecule has 1 aromatic rings. The van der Waals surface area contributed by atoms with E-state index >= 15 is 0 Å². The predicted octanol–water partition coefficient (Wildman–Crippen LogP) is 2.43. The SMILES string of the molecule is CC1CCCCCN1c1cccnc1N. The lowest BCUT2D eigenvalue weighted by molar-refractivity contribution is 0.616. The summed E-state index contributed by atoms with van der Waals surface area (Å²) in [5, 5.41) is 0. The van der Waals surface area contributed by atoms with Crippen LogP contribution in [0.15, 0.2) is 18.3 Å². The fourth-order valence-electron chi connectivity index (χ4n) is 2.28. The Balaban J connectivity index is 2.24. The van der Waals surface area contributed by atoms with Crippen LogP contribution in [0.5, 0.6) is 0 Å². The van der Waals surface area contributed by atoms with E-state index in [9.17, 15) is 0 Å². The zero-order valence-electron chi connectivity index (χ0n) is 9.32. The van der Waals surface area contributed by atoms with Crippen LogP contribution in [0.4, 0.5) is 11.5 Å². The number of hydrogen-bond acceptors (Lipinski definition) is 3. The minimum absolute atomic E-state index is 0.582. The molecule has 2 N–H and O–H groups in total. The molecule has 0 aliphatic carbocycles. The van der Waals surface area contributed by atoms with Crippen LogP contribution in [0.25, 0.3) is 0 Å². The monoisotopic (exact) mass is 205 g/mol. The lowest BCUT2D eigenvalue weighted by atomic mass is 10.1. The summed E-state index contributed by atoms with van der Waals surface area (Å²) in [6, 6.07) is 4.62. The Morgan fingerprint density at radius 1 is 1.40 bits per heavy atom. The van der Waals surface area contributed by atoms with E-state index in [-0.39, 0.29) is 0 Å². The summed E-state index contributed by atoms with van der Waals surface area (Å²) in [6.45, 7) is 3.38. The van der Waals surface area contributed by atoms with Crippen molar-refractivity contribution in [1.82, 2.24) is 4.98 Å². The third kappa shape index (κ3) is 2.22. The Morgan fingerprint density at radius 3 is 3.07 bits per heavy atom. The minimum Gasteiger partial charge on any atom is -0.382 e. The van der Waals surface area contributed by atoms with Gasteiger partial charge >= 0.3 is 0 Å². The van der Waals surface area contributed by atoms with Crippen molar-refractivity contribution in [3.8, 4) is 0 Å². The maximum absolute atomic E-state index is 5.91. The highest BCUT2D eigenvalue weighted by molar-refractivity contribution is 5.63. The number of anilines is 2. The number of nitrogens with zero attached hydrogens (tertiary/aromatic N) is 2. The molecule has 3 nitrogen and oxygen atoms in total. The van der Waals surface area contributed by atoms with Gasteiger partial charge in [-0.05, 0) is 31.9 Å². The minimum atomic E-state index is 0.582. The third-order valence-electron chi connectivity index (χ3n) is 3.18. The highest BCUT2D eigenvalue weighted by Gasteiger charge is 2.18. The van der Waals surface area contributed by atoms with E-state index in [1.54, 1.807) is 6.20 Å². The van der Waals surface area contributed by atoms with Crippen molar-refractivity contribution in [3.05, 3.63) is 18.3 Å². The van der Waals surface area contributed by atoms with Crippen LogP contribution in [0, 0.1) is 0 Å². The summed E-state index contributed by atoms with van der Waals surface area (Å²) in [6.07, 6.45) is 6.94. The fourth-order valence-corrected chi connectivity index (χ4v) is 2.28. The van der Waals surface area contributed by atoms with E-state index < -0.39 is 0 Å². The van der Waals surface area contributed by atoms with Gasteiger partial charge in [0.25, 0.3) is 0 Å². The van der Waals surface area contributed by atoms with E-state index in [1.807, 2.05) is 6.07 Å². The Morgan fingerprint density at radius 2 is 2.27 bits per heavy atom. The quantitative estimate of drug-likeness (QED) is 0.765. The molecule has 1 aliphatic rings. The lowest BCUT2D eigenvalue weighted by Gasteiger charge is -2.29. The van der Waals surface area contributed by atoms with Gasteiger partial charge in [-0.15, -0.1) is 0 Å². The molecule has 0 bridgehead atoms. The molecule has 0 amide bonds. The molecule has 1 fully saturated rings. The zero-order chi connectivity index (χ0) is 10.7. The van der Waals surface area contributed by atoms with Gasteiger partial charge in [-0.2, -0.15) is 0 Å². The summed E-state index contributed by atoms with van der Waals surface area (Å²) in [5.41, 5.74) is 7.02. The number of hydrogen-bond donors (Lipinski definition) is 1. The molecule has 3 heteroatoms. The van der Waals surface area contributed by atoms with E-state index in [4.69, 9.17) is 5.73 Å². The largest absolute Gasteiger partial charge is 0.382 e. The van der Waals surface area contributed by atoms with Gasteiger partial charge in [0.2, 0.25) is 0 Å². The first-order valence-electron chi connectivity index (χ1n) is 5.76. The van der Waals surface area contributed by atoms with Crippen LogP contribution in [0.1, 0.15) is 32.6 Å². The highest BCUT2D eigenvalue weighted by atomic mass is 15.2. The van der Waals surface area contributed by atoms with Crippen molar-refractivity contribution < 1.29 is 0 Å². The summed E-state index contributed by atoms with van der Waals surface area (Å²) in [7, 11) is 0. The molecule has 0 radical (unpaired) electrons. The molecule has 82 valence electrons. The normalized spacial score (nSPS) is 22.5. The van der Waals surface area contributed by atoms with E-state index in [1.165, 1.54) is 25.7 Å². The predicted molar refractivity (Wildman–Crippen MR) is 63.9 cm³/mol. The topological polar surface area (TPSA) is 42.2 Å². The van der Waals surface area contributed by atoms with E-state index in [2.05, 4.69) is 22.9 Å². The van der Waals surface area contributed by atoms with Crippen LogP contribution in [0.2, 0.25) is 0 Å². The second-order valence-corrected chi connectivity index (χ2v) is 4.30. The van der Waals surface area contributed by atoms with Crippen LogP contribution in [-0.4, -0.2) is 17.6 Å². The molecule has 0 aromatic carbocycles. The van der Waals surface area contributed by atoms with Crippen molar-refractivity contribution in [2.45, 2.75) is 38.6 Å². The van der Waals surface area contributed by atoms with Gasteiger partial charge in [-0.1, -0.05) is 12.8 Å². The molecule has 2 heterocycles. The fraction of sp³-hybridized carbons (Fsp3) is 0.583. The Kier molecular flexibility index (Phi) is 3.09. The van der Waals surface area contributed by atoms with Crippen molar-refractivity contribution in [1.29, 1.82) is 0 Å². The molecular formula is C12H19N3. The van der Waals surface area contributed by atoms with Crippen LogP contribution < -0.4 is 10.6 Å². The molecule has 15 heavy (non-hydrogen) atoms. The smallest absolute Gasteiger partial charge is 0.146 e. The number of nitrogens with two attached hydrogens (primary N) is 1. The number of pyridine rings is 1. The van der Waals surface area contributed by atoms with Crippen molar-refractivity contribution in [2.24, 2.45) is 0 Å². The number of aromatic nitrogens is 1. The first kappa shape index (κ1) is 10.3.